The van der Waals surface area contributed by atoms with Crippen LogP contribution in [0.5, 0.6) is 0 Å². The van der Waals surface area contributed by atoms with Crippen LogP contribution >= 0.6 is 0 Å². The van der Waals surface area contributed by atoms with Gasteiger partial charge in [-0.3, -0.25) is 4.79 Å². The first-order chi connectivity index (χ1) is 7.08. The van der Waals surface area contributed by atoms with Crippen LogP contribution in [0, 0.1) is 23.7 Å². The van der Waals surface area contributed by atoms with E-state index in [1.165, 1.54) is 25.7 Å². The summed E-state index contributed by atoms with van der Waals surface area (Å²) in [6, 6.07) is 0.384. The van der Waals surface area contributed by atoms with E-state index in [4.69, 9.17) is 0 Å². The van der Waals surface area contributed by atoms with Crippen molar-refractivity contribution in [2.45, 2.75) is 52.5 Å². The first-order valence-corrected chi connectivity index (χ1v) is 6.38. The van der Waals surface area contributed by atoms with Gasteiger partial charge in [-0.25, -0.2) is 0 Å². The van der Waals surface area contributed by atoms with Gasteiger partial charge in [-0.05, 0) is 43.9 Å². The molecule has 86 valence electrons. The maximum atomic E-state index is 11.6. The highest BCUT2D eigenvalue weighted by Crippen LogP contribution is 2.49. The molecule has 2 saturated carbocycles. The maximum absolute atomic E-state index is 11.6. The van der Waals surface area contributed by atoms with Crippen molar-refractivity contribution in [1.82, 2.24) is 5.32 Å². The fraction of sp³-hybridized carbons (Fsp3) is 0.923. The lowest BCUT2D eigenvalue weighted by atomic mass is 9.84. The smallest absolute Gasteiger partial charge is 0.222 e. The number of amides is 1. The molecule has 0 aromatic heterocycles. The summed E-state index contributed by atoms with van der Waals surface area (Å²) in [6.45, 7) is 6.11. The zero-order valence-corrected chi connectivity index (χ0v) is 10.1. The minimum Gasteiger partial charge on any atom is -0.353 e. The molecule has 2 fully saturated rings. The summed E-state index contributed by atoms with van der Waals surface area (Å²) in [6.07, 6.45) is 5.61. The van der Waals surface area contributed by atoms with Gasteiger partial charge in [0.05, 0.1) is 0 Å². The van der Waals surface area contributed by atoms with Crippen molar-refractivity contribution in [3.05, 3.63) is 0 Å². The van der Waals surface area contributed by atoms with Crippen LogP contribution in [-0.2, 0) is 4.79 Å². The Kier molecular flexibility index (Phi) is 3.03. The molecule has 2 nitrogen and oxygen atoms in total. The third kappa shape index (κ3) is 2.19. The summed E-state index contributed by atoms with van der Waals surface area (Å²) in [5.74, 6) is 2.96. The predicted octanol–water partition coefficient (Wildman–Crippen LogP) is 2.58. The zero-order chi connectivity index (χ0) is 11.0. The van der Waals surface area contributed by atoms with Gasteiger partial charge in [0.15, 0.2) is 0 Å². The second-order valence-electron chi connectivity index (χ2n) is 5.79. The fourth-order valence-corrected chi connectivity index (χ4v) is 3.40. The van der Waals surface area contributed by atoms with E-state index < -0.39 is 0 Å². The molecule has 0 aliphatic heterocycles. The number of hydrogen-bond donors (Lipinski definition) is 1. The lowest BCUT2D eigenvalue weighted by Crippen LogP contribution is -2.41. The molecule has 2 rings (SSSR count). The van der Waals surface area contributed by atoms with Crippen LogP contribution < -0.4 is 5.32 Å². The van der Waals surface area contributed by atoms with Crippen LogP contribution in [-0.4, -0.2) is 11.9 Å². The monoisotopic (exact) mass is 209 g/mol. The topological polar surface area (TPSA) is 29.1 Å². The van der Waals surface area contributed by atoms with E-state index in [0.717, 1.165) is 17.8 Å². The Morgan fingerprint density at radius 2 is 1.93 bits per heavy atom. The number of carbonyl (C=O) groups is 1. The Labute approximate surface area is 92.8 Å². The Morgan fingerprint density at radius 1 is 1.20 bits per heavy atom. The maximum Gasteiger partial charge on any atom is 0.222 e. The quantitative estimate of drug-likeness (QED) is 0.760. The lowest BCUT2D eigenvalue weighted by molar-refractivity contribution is -0.125. The Morgan fingerprint density at radius 3 is 2.40 bits per heavy atom. The van der Waals surface area contributed by atoms with Crippen molar-refractivity contribution < 1.29 is 4.79 Å². The highest BCUT2D eigenvalue weighted by Gasteiger charge is 2.42. The summed E-state index contributed by atoms with van der Waals surface area (Å²) in [4.78, 5) is 11.6. The van der Waals surface area contributed by atoms with Crippen LogP contribution in [0.2, 0.25) is 0 Å². The van der Waals surface area contributed by atoms with E-state index in [1.807, 2.05) is 13.8 Å². The summed E-state index contributed by atoms with van der Waals surface area (Å²) in [7, 11) is 0. The highest BCUT2D eigenvalue weighted by molar-refractivity contribution is 5.78. The van der Waals surface area contributed by atoms with Gasteiger partial charge >= 0.3 is 0 Å². The third-order valence-electron chi connectivity index (χ3n) is 4.33. The van der Waals surface area contributed by atoms with Gasteiger partial charge in [0.1, 0.15) is 0 Å². The molecule has 0 heterocycles. The first-order valence-electron chi connectivity index (χ1n) is 6.38. The van der Waals surface area contributed by atoms with Crippen LogP contribution in [0.1, 0.15) is 46.5 Å². The van der Waals surface area contributed by atoms with Crippen molar-refractivity contribution in [2.75, 3.05) is 0 Å². The molecular formula is C13H23NO. The van der Waals surface area contributed by atoms with Gasteiger partial charge in [-0.2, -0.15) is 0 Å². The molecule has 0 spiro atoms. The predicted molar refractivity (Wildman–Crippen MR) is 61.4 cm³/mol. The molecule has 2 aliphatic rings. The molecule has 15 heavy (non-hydrogen) atoms. The standard InChI is InChI=1S/C13H23NO/c1-8(2)13(15)14-9(3)12-7-10-4-5-11(12)6-10/h8-12H,4-7H2,1-3H3,(H,14,15). The minimum absolute atomic E-state index is 0.117. The first kappa shape index (κ1) is 11.0. The van der Waals surface area contributed by atoms with Crippen LogP contribution in [0.25, 0.3) is 0 Å². The summed E-state index contributed by atoms with van der Waals surface area (Å²) in [5, 5.41) is 3.17. The van der Waals surface area contributed by atoms with Gasteiger partial charge in [0, 0.05) is 12.0 Å². The molecule has 0 aromatic carbocycles. The summed E-state index contributed by atoms with van der Waals surface area (Å²) in [5.41, 5.74) is 0. The summed E-state index contributed by atoms with van der Waals surface area (Å²) >= 11 is 0. The molecule has 4 unspecified atom stereocenters. The SMILES string of the molecule is CC(C)C(=O)NC(C)C1CC2CCC1C2. The molecule has 2 heteroatoms. The fourth-order valence-electron chi connectivity index (χ4n) is 3.40. The molecule has 2 aliphatic carbocycles. The normalized spacial score (nSPS) is 35.9. The van der Waals surface area contributed by atoms with E-state index in [1.54, 1.807) is 0 Å². The van der Waals surface area contributed by atoms with Crippen LogP contribution in [0.4, 0.5) is 0 Å². The Balaban J connectivity index is 1.86. The molecule has 4 atom stereocenters. The van der Waals surface area contributed by atoms with E-state index in [-0.39, 0.29) is 11.8 Å². The van der Waals surface area contributed by atoms with E-state index >= 15 is 0 Å². The van der Waals surface area contributed by atoms with E-state index in [9.17, 15) is 4.79 Å². The third-order valence-corrected chi connectivity index (χ3v) is 4.33. The van der Waals surface area contributed by atoms with Crippen LogP contribution in [0.15, 0.2) is 0 Å². The van der Waals surface area contributed by atoms with Crippen LogP contribution in [0.3, 0.4) is 0 Å². The molecule has 1 amide bonds. The molecule has 1 N–H and O–H groups in total. The van der Waals surface area contributed by atoms with E-state index in [2.05, 4.69) is 12.2 Å². The Bertz CT molecular complexity index is 249. The van der Waals surface area contributed by atoms with Gasteiger partial charge in [0.25, 0.3) is 0 Å². The van der Waals surface area contributed by atoms with Gasteiger partial charge < -0.3 is 5.32 Å². The Hall–Kier alpha value is -0.530. The number of fused-ring (bicyclic) bond motifs is 2. The van der Waals surface area contributed by atoms with Crippen molar-refractivity contribution in [3.8, 4) is 0 Å². The lowest BCUT2D eigenvalue weighted by Gasteiger charge is -2.29. The average Bonchev–Trinajstić information content (AvgIpc) is 2.78. The molecule has 2 bridgehead atoms. The van der Waals surface area contributed by atoms with Gasteiger partial charge in [0.2, 0.25) is 5.91 Å². The van der Waals surface area contributed by atoms with Crippen molar-refractivity contribution in [3.63, 3.8) is 0 Å². The van der Waals surface area contributed by atoms with Crippen molar-refractivity contribution in [2.24, 2.45) is 23.7 Å². The molecule has 0 saturated heterocycles. The van der Waals surface area contributed by atoms with Crippen molar-refractivity contribution in [1.29, 1.82) is 0 Å². The second kappa shape index (κ2) is 4.15. The molecule has 0 radical (unpaired) electrons. The van der Waals surface area contributed by atoms with Gasteiger partial charge in [-0.1, -0.05) is 20.3 Å². The number of carbonyl (C=O) groups excluding carboxylic acids is 1. The van der Waals surface area contributed by atoms with Crippen molar-refractivity contribution >= 4 is 5.91 Å². The molecular weight excluding hydrogens is 186 g/mol. The number of hydrogen-bond acceptors (Lipinski definition) is 1. The summed E-state index contributed by atoms with van der Waals surface area (Å²) < 4.78 is 0. The highest BCUT2D eigenvalue weighted by atomic mass is 16.1. The second-order valence-corrected chi connectivity index (χ2v) is 5.79. The number of nitrogens with one attached hydrogen (secondary N) is 1. The average molecular weight is 209 g/mol. The van der Waals surface area contributed by atoms with Gasteiger partial charge in [-0.15, -0.1) is 0 Å². The number of rotatable bonds is 3. The minimum atomic E-state index is 0.117. The zero-order valence-electron chi connectivity index (χ0n) is 10.1. The molecule has 0 aromatic rings. The van der Waals surface area contributed by atoms with E-state index in [0.29, 0.717) is 6.04 Å². The largest absolute Gasteiger partial charge is 0.353 e.